The Bertz CT molecular complexity index is 510. The molecule has 0 bridgehead atoms. The van der Waals surface area contributed by atoms with Gasteiger partial charge in [-0.2, -0.15) is 0 Å². The lowest BCUT2D eigenvalue weighted by Gasteiger charge is -2.40. The first kappa shape index (κ1) is 17.1. The molecule has 1 aliphatic heterocycles. The zero-order chi connectivity index (χ0) is 16.3. The van der Waals surface area contributed by atoms with Gasteiger partial charge in [0.1, 0.15) is 30.5 Å². The zero-order valence-electron chi connectivity index (χ0n) is 12.0. The van der Waals surface area contributed by atoms with Crippen LogP contribution in [0.4, 0.5) is 5.69 Å². The molecule has 6 N–H and O–H groups in total. The summed E-state index contributed by atoms with van der Waals surface area (Å²) in [6, 6.07) is 6.93. The van der Waals surface area contributed by atoms with Crippen molar-refractivity contribution in [1.82, 2.24) is 5.32 Å². The van der Waals surface area contributed by atoms with Crippen LogP contribution in [0.3, 0.4) is 0 Å². The fourth-order valence-corrected chi connectivity index (χ4v) is 2.44. The summed E-state index contributed by atoms with van der Waals surface area (Å²) in [5.41, 5.74) is 1.38. The van der Waals surface area contributed by atoms with E-state index >= 15 is 0 Å². The number of hydrogen-bond acceptors (Lipinski definition) is 6. The van der Waals surface area contributed by atoms with Crippen molar-refractivity contribution in [3.05, 3.63) is 29.8 Å². The Hall–Kier alpha value is -1.29. The molecule has 7 nitrogen and oxygen atoms in total. The third kappa shape index (κ3) is 3.54. The van der Waals surface area contributed by atoms with Gasteiger partial charge in [-0.05, 0) is 29.9 Å². The first-order chi connectivity index (χ1) is 10.5. The van der Waals surface area contributed by atoms with Crippen LogP contribution in [0.15, 0.2) is 24.3 Å². The summed E-state index contributed by atoms with van der Waals surface area (Å²) in [6.45, 7) is -0.447. The highest BCUT2D eigenvalue weighted by Crippen LogP contribution is 2.32. The van der Waals surface area contributed by atoms with Crippen LogP contribution in [0, 0.1) is 0 Å². The van der Waals surface area contributed by atoms with Crippen LogP contribution in [0.25, 0.3) is 0 Å². The average Bonchev–Trinajstić information content (AvgIpc) is 2.54. The summed E-state index contributed by atoms with van der Waals surface area (Å²) >= 11 is 5.00. The molecule has 0 spiro atoms. The van der Waals surface area contributed by atoms with Crippen LogP contribution in [-0.4, -0.2) is 63.6 Å². The number of thiocarbonyl (C=S) groups is 1. The van der Waals surface area contributed by atoms with E-state index in [4.69, 9.17) is 17.0 Å². The molecule has 2 rings (SSSR count). The number of benzene rings is 1. The molecular formula is C14H20N2O5S. The Morgan fingerprint density at radius 2 is 1.77 bits per heavy atom. The quantitative estimate of drug-likeness (QED) is 0.397. The Morgan fingerprint density at radius 1 is 1.14 bits per heavy atom. The molecule has 22 heavy (non-hydrogen) atoms. The monoisotopic (exact) mass is 328 g/mol. The van der Waals surface area contributed by atoms with Crippen LogP contribution >= 0.6 is 12.2 Å². The Labute approximate surface area is 133 Å². The van der Waals surface area contributed by atoms with Gasteiger partial charge in [0, 0.05) is 12.7 Å². The van der Waals surface area contributed by atoms with Gasteiger partial charge in [0.2, 0.25) is 0 Å². The van der Waals surface area contributed by atoms with E-state index in [-0.39, 0.29) is 0 Å². The van der Waals surface area contributed by atoms with Gasteiger partial charge >= 0.3 is 0 Å². The highest BCUT2D eigenvalue weighted by Gasteiger charge is 2.43. The largest absolute Gasteiger partial charge is 0.394 e. The van der Waals surface area contributed by atoms with Crippen molar-refractivity contribution in [2.75, 3.05) is 19.0 Å². The fraction of sp³-hybridized carbons (Fsp3) is 0.500. The average molecular weight is 328 g/mol. The maximum absolute atomic E-state index is 10.1. The van der Waals surface area contributed by atoms with E-state index in [0.29, 0.717) is 10.7 Å². The molecule has 1 aromatic carbocycles. The SMILES string of the molecule is CNC(=S)Nc1ccc([C@H]2OC(CO)[C@@H](O)[C@@H](O)C2O)cc1. The lowest BCUT2D eigenvalue weighted by atomic mass is 9.91. The third-order valence-electron chi connectivity index (χ3n) is 3.62. The molecule has 0 saturated carbocycles. The molecular weight excluding hydrogens is 308 g/mol. The first-order valence-electron chi connectivity index (χ1n) is 6.87. The summed E-state index contributed by atoms with van der Waals surface area (Å²) in [6.07, 6.45) is -5.77. The van der Waals surface area contributed by atoms with Gasteiger partial charge in [-0.15, -0.1) is 0 Å². The number of aliphatic hydroxyl groups is 4. The van der Waals surface area contributed by atoms with Crippen molar-refractivity contribution in [2.45, 2.75) is 30.5 Å². The van der Waals surface area contributed by atoms with Gasteiger partial charge in [-0.25, -0.2) is 0 Å². The maximum atomic E-state index is 10.1. The molecule has 122 valence electrons. The second-order valence-corrected chi connectivity index (χ2v) is 5.48. The molecule has 1 saturated heterocycles. The molecule has 2 unspecified atom stereocenters. The van der Waals surface area contributed by atoms with Crippen LogP contribution in [0.2, 0.25) is 0 Å². The van der Waals surface area contributed by atoms with Crippen molar-refractivity contribution >= 4 is 23.0 Å². The number of anilines is 1. The van der Waals surface area contributed by atoms with Crippen molar-refractivity contribution in [1.29, 1.82) is 0 Å². The van der Waals surface area contributed by atoms with E-state index in [1.54, 1.807) is 31.3 Å². The van der Waals surface area contributed by atoms with Gasteiger partial charge in [0.25, 0.3) is 0 Å². The third-order valence-corrected chi connectivity index (χ3v) is 3.92. The summed E-state index contributed by atoms with van der Waals surface area (Å²) in [5, 5.41) is 45.0. The summed E-state index contributed by atoms with van der Waals surface area (Å²) in [4.78, 5) is 0. The molecule has 1 aliphatic rings. The standard InChI is InChI=1S/C14H20N2O5S/c1-15-14(22)16-8-4-2-7(3-5-8)13-12(20)11(19)10(18)9(6-17)21-13/h2-5,9-13,17-20H,6H2,1H3,(H2,15,16,22)/t9?,10-,11-,12?,13-/m1/s1. The van der Waals surface area contributed by atoms with E-state index in [1.807, 2.05) is 0 Å². The Kier molecular flexibility index (Phi) is 5.68. The van der Waals surface area contributed by atoms with Crippen LogP contribution in [0.1, 0.15) is 11.7 Å². The molecule has 1 aromatic rings. The smallest absolute Gasteiger partial charge is 0.170 e. The number of rotatable bonds is 3. The minimum absolute atomic E-state index is 0.447. The van der Waals surface area contributed by atoms with E-state index in [1.165, 1.54) is 0 Å². The van der Waals surface area contributed by atoms with Gasteiger partial charge < -0.3 is 35.8 Å². The highest BCUT2D eigenvalue weighted by atomic mass is 32.1. The molecule has 0 radical (unpaired) electrons. The van der Waals surface area contributed by atoms with Crippen molar-refractivity contribution in [2.24, 2.45) is 0 Å². The molecule has 5 atom stereocenters. The predicted octanol–water partition coefficient (Wildman–Crippen LogP) is -0.882. The maximum Gasteiger partial charge on any atom is 0.170 e. The molecule has 0 aromatic heterocycles. The van der Waals surface area contributed by atoms with Crippen molar-refractivity contribution in [3.8, 4) is 0 Å². The Balaban J connectivity index is 2.14. The topological polar surface area (TPSA) is 114 Å². The first-order valence-corrected chi connectivity index (χ1v) is 7.28. The van der Waals surface area contributed by atoms with Crippen LogP contribution in [-0.2, 0) is 4.74 Å². The number of hydrogen-bond donors (Lipinski definition) is 6. The Morgan fingerprint density at radius 3 is 2.32 bits per heavy atom. The summed E-state index contributed by atoms with van der Waals surface area (Å²) in [7, 11) is 1.71. The molecule has 0 amide bonds. The molecule has 1 heterocycles. The number of aliphatic hydroxyl groups excluding tert-OH is 4. The minimum Gasteiger partial charge on any atom is -0.394 e. The van der Waals surface area contributed by atoms with Gasteiger partial charge in [0.15, 0.2) is 5.11 Å². The lowest BCUT2D eigenvalue weighted by Crippen LogP contribution is -2.55. The molecule has 1 fully saturated rings. The van der Waals surface area contributed by atoms with Crippen molar-refractivity contribution in [3.63, 3.8) is 0 Å². The fourth-order valence-electron chi connectivity index (χ4n) is 2.33. The number of nitrogens with one attached hydrogen (secondary N) is 2. The van der Waals surface area contributed by atoms with Gasteiger partial charge in [-0.1, -0.05) is 12.1 Å². The second-order valence-electron chi connectivity index (χ2n) is 5.08. The summed E-state index contributed by atoms with van der Waals surface area (Å²) in [5.74, 6) is 0. The van der Waals surface area contributed by atoms with E-state index in [9.17, 15) is 20.4 Å². The second kappa shape index (κ2) is 7.32. The number of ether oxygens (including phenoxy) is 1. The van der Waals surface area contributed by atoms with E-state index in [2.05, 4.69) is 10.6 Å². The van der Waals surface area contributed by atoms with Crippen LogP contribution in [0.5, 0.6) is 0 Å². The highest BCUT2D eigenvalue weighted by molar-refractivity contribution is 7.80. The van der Waals surface area contributed by atoms with Crippen molar-refractivity contribution < 1.29 is 25.2 Å². The van der Waals surface area contributed by atoms with E-state index < -0.39 is 37.1 Å². The molecule has 0 aliphatic carbocycles. The predicted molar refractivity (Wildman–Crippen MR) is 84.4 cm³/mol. The normalized spacial score (nSPS) is 31.6. The molecule has 8 heteroatoms. The minimum atomic E-state index is -1.38. The van der Waals surface area contributed by atoms with Gasteiger partial charge in [-0.3, -0.25) is 0 Å². The lowest BCUT2D eigenvalue weighted by molar-refractivity contribution is -0.231. The zero-order valence-corrected chi connectivity index (χ0v) is 12.8. The summed E-state index contributed by atoms with van der Waals surface area (Å²) < 4.78 is 5.49. The van der Waals surface area contributed by atoms with E-state index in [0.717, 1.165) is 5.69 Å². The van der Waals surface area contributed by atoms with Crippen LogP contribution < -0.4 is 10.6 Å². The van der Waals surface area contributed by atoms with Gasteiger partial charge in [0.05, 0.1) is 6.61 Å².